The molecule has 0 fully saturated rings. The first-order valence-electron chi connectivity index (χ1n) is 11.1. The molecule has 4 aromatic rings. The molecule has 2 heterocycles. The molecule has 9 heteroatoms. The molecule has 1 aromatic heterocycles. The highest BCUT2D eigenvalue weighted by atomic mass is 32.2. The average Bonchev–Trinajstić information content (AvgIpc) is 3.25. The number of hydrogen-bond acceptors (Lipinski definition) is 5. The number of para-hydroxylation sites is 2. The molecule has 1 unspecified atom stereocenters. The molecule has 5 rings (SSSR count). The van der Waals surface area contributed by atoms with Crippen molar-refractivity contribution in [2.45, 2.75) is 23.9 Å². The van der Waals surface area contributed by atoms with Crippen LogP contribution in [0.3, 0.4) is 0 Å². The first-order chi connectivity index (χ1) is 17.0. The smallest absolute Gasteiger partial charge is 0.244 e. The van der Waals surface area contributed by atoms with Crippen LogP contribution in [-0.2, 0) is 16.1 Å². The highest BCUT2D eigenvalue weighted by Crippen LogP contribution is 2.33. The highest BCUT2D eigenvalue weighted by molar-refractivity contribution is 8.00. The zero-order valence-electron chi connectivity index (χ0n) is 18.9. The summed E-state index contributed by atoms with van der Waals surface area (Å²) < 4.78 is 15.4. The van der Waals surface area contributed by atoms with Gasteiger partial charge in [0.15, 0.2) is 11.0 Å². The van der Waals surface area contributed by atoms with E-state index in [0.29, 0.717) is 28.9 Å². The van der Waals surface area contributed by atoms with Crippen molar-refractivity contribution in [2.75, 3.05) is 16.8 Å². The van der Waals surface area contributed by atoms with Gasteiger partial charge in [-0.1, -0.05) is 54.2 Å². The van der Waals surface area contributed by atoms with Crippen molar-refractivity contribution in [1.82, 2.24) is 14.8 Å². The van der Waals surface area contributed by atoms with Gasteiger partial charge >= 0.3 is 0 Å². The van der Waals surface area contributed by atoms with Gasteiger partial charge in [-0.2, -0.15) is 0 Å². The molecule has 1 atom stereocenters. The molecule has 0 saturated carbocycles. The molecule has 1 aliphatic rings. The maximum Gasteiger partial charge on any atom is 0.244 e. The van der Waals surface area contributed by atoms with Crippen LogP contribution < -0.4 is 10.2 Å². The predicted octanol–water partition coefficient (Wildman–Crippen LogP) is 4.60. The topological polar surface area (TPSA) is 80.1 Å². The Morgan fingerprint density at radius 1 is 1.03 bits per heavy atom. The molecule has 7 nitrogen and oxygen atoms in total. The summed E-state index contributed by atoms with van der Waals surface area (Å²) in [6.45, 7) is 2.23. The van der Waals surface area contributed by atoms with Gasteiger partial charge in [-0.05, 0) is 48.9 Å². The monoisotopic (exact) mass is 487 g/mol. The van der Waals surface area contributed by atoms with Crippen molar-refractivity contribution in [3.05, 3.63) is 90.2 Å². The van der Waals surface area contributed by atoms with Crippen LogP contribution in [0.25, 0.3) is 11.4 Å². The van der Waals surface area contributed by atoms with E-state index in [-0.39, 0.29) is 24.2 Å². The normalized spacial score (nSPS) is 13.8. The molecular weight excluding hydrogens is 465 g/mol. The van der Waals surface area contributed by atoms with E-state index in [1.807, 2.05) is 53.1 Å². The lowest BCUT2D eigenvalue weighted by molar-refractivity contribution is -0.121. The van der Waals surface area contributed by atoms with E-state index in [9.17, 15) is 14.0 Å². The Labute approximate surface area is 206 Å². The number of carbonyl (C=O) groups excluding carboxylic acids is 2. The van der Waals surface area contributed by atoms with Gasteiger partial charge in [0.2, 0.25) is 11.8 Å². The molecule has 176 valence electrons. The first-order valence-corrected chi connectivity index (χ1v) is 12.0. The third kappa shape index (κ3) is 4.81. The molecule has 35 heavy (non-hydrogen) atoms. The van der Waals surface area contributed by atoms with E-state index in [2.05, 4.69) is 15.5 Å². The lowest BCUT2D eigenvalue weighted by Crippen LogP contribution is -2.45. The standard InChI is InChI=1S/C26H22FN5O2S/c1-17(25(34)31-16-23(33)28-21-9-5-6-10-22(21)31)35-26-30-29-24(19-11-13-20(27)14-12-19)32(26)15-18-7-3-2-4-8-18/h2-14,17H,15-16H2,1H3,(H,28,33). The minimum absolute atomic E-state index is 0.0434. The fraction of sp³-hybridized carbons (Fsp3) is 0.154. The lowest BCUT2D eigenvalue weighted by atomic mass is 10.2. The summed E-state index contributed by atoms with van der Waals surface area (Å²) >= 11 is 1.28. The SMILES string of the molecule is CC(Sc1nnc(-c2ccc(F)cc2)n1Cc1ccccc1)C(=O)N1CC(=O)Nc2ccccc21. The fourth-order valence-corrected chi connectivity index (χ4v) is 4.87. The summed E-state index contributed by atoms with van der Waals surface area (Å²) in [6, 6.07) is 23.2. The summed E-state index contributed by atoms with van der Waals surface area (Å²) in [4.78, 5) is 27.1. The number of amides is 2. The Morgan fingerprint density at radius 2 is 1.74 bits per heavy atom. The van der Waals surface area contributed by atoms with Crippen LogP contribution in [-0.4, -0.2) is 38.4 Å². The fourth-order valence-electron chi connectivity index (χ4n) is 3.95. The van der Waals surface area contributed by atoms with Crippen LogP contribution in [0.2, 0.25) is 0 Å². The molecule has 0 spiro atoms. The molecule has 0 aliphatic carbocycles. The Balaban J connectivity index is 1.45. The van der Waals surface area contributed by atoms with Crippen molar-refractivity contribution in [3.63, 3.8) is 0 Å². The lowest BCUT2D eigenvalue weighted by Gasteiger charge is -2.30. The molecule has 0 bridgehead atoms. The van der Waals surface area contributed by atoms with Crippen LogP contribution >= 0.6 is 11.8 Å². The molecular formula is C26H22FN5O2S. The molecule has 3 aromatic carbocycles. The minimum atomic E-state index is -0.534. The number of halogens is 1. The number of anilines is 2. The molecule has 0 radical (unpaired) electrons. The number of nitrogens with one attached hydrogen (secondary N) is 1. The van der Waals surface area contributed by atoms with Gasteiger partial charge in [-0.25, -0.2) is 4.39 Å². The van der Waals surface area contributed by atoms with Crippen LogP contribution in [0.15, 0.2) is 84.0 Å². The number of aromatic nitrogens is 3. The number of rotatable bonds is 6. The van der Waals surface area contributed by atoms with Crippen molar-refractivity contribution in [2.24, 2.45) is 0 Å². The summed E-state index contributed by atoms with van der Waals surface area (Å²) in [5.41, 5.74) is 3.04. The molecule has 1 aliphatic heterocycles. The van der Waals surface area contributed by atoms with Gasteiger partial charge in [0.1, 0.15) is 12.4 Å². The first kappa shape index (κ1) is 22.8. The number of nitrogens with zero attached hydrogens (tertiary/aromatic N) is 4. The number of hydrogen-bond donors (Lipinski definition) is 1. The second-order valence-electron chi connectivity index (χ2n) is 8.13. The van der Waals surface area contributed by atoms with Crippen LogP contribution in [0, 0.1) is 5.82 Å². The maximum atomic E-state index is 13.5. The van der Waals surface area contributed by atoms with E-state index in [1.165, 1.54) is 28.8 Å². The Kier molecular flexibility index (Phi) is 6.33. The molecule has 2 amide bonds. The Hall–Kier alpha value is -3.98. The van der Waals surface area contributed by atoms with E-state index in [1.54, 1.807) is 25.1 Å². The van der Waals surface area contributed by atoms with Crippen molar-refractivity contribution in [1.29, 1.82) is 0 Å². The quantitative estimate of drug-likeness (QED) is 0.402. The Morgan fingerprint density at radius 3 is 2.51 bits per heavy atom. The highest BCUT2D eigenvalue weighted by Gasteiger charge is 2.31. The second-order valence-corrected chi connectivity index (χ2v) is 9.44. The summed E-state index contributed by atoms with van der Waals surface area (Å²) in [6.07, 6.45) is 0. The number of thioether (sulfide) groups is 1. The molecule has 0 saturated heterocycles. The minimum Gasteiger partial charge on any atom is -0.323 e. The van der Waals surface area contributed by atoms with Gasteiger partial charge in [0.25, 0.3) is 0 Å². The van der Waals surface area contributed by atoms with Gasteiger partial charge in [0.05, 0.1) is 23.2 Å². The van der Waals surface area contributed by atoms with Crippen molar-refractivity contribution in [3.8, 4) is 11.4 Å². The van der Waals surface area contributed by atoms with Crippen molar-refractivity contribution < 1.29 is 14.0 Å². The van der Waals surface area contributed by atoms with Gasteiger partial charge < -0.3 is 5.32 Å². The number of carbonyl (C=O) groups is 2. The van der Waals surface area contributed by atoms with Gasteiger partial charge in [0, 0.05) is 5.56 Å². The van der Waals surface area contributed by atoms with Crippen LogP contribution in [0.4, 0.5) is 15.8 Å². The van der Waals surface area contributed by atoms with E-state index in [4.69, 9.17) is 0 Å². The Bertz CT molecular complexity index is 1370. The third-order valence-electron chi connectivity index (χ3n) is 5.67. The zero-order chi connectivity index (χ0) is 24.4. The van der Waals surface area contributed by atoms with Gasteiger partial charge in [-0.3, -0.25) is 19.1 Å². The number of fused-ring (bicyclic) bond motifs is 1. The average molecular weight is 488 g/mol. The van der Waals surface area contributed by atoms with Gasteiger partial charge in [-0.15, -0.1) is 10.2 Å². The number of benzene rings is 3. The molecule has 1 N–H and O–H groups in total. The van der Waals surface area contributed by atoms with Crippen LogP contribution in [0.5, 0.6) is 0 Å². The summed E-state index contributed by atoms with van der Waals surface area (Å²) in [5.74, 6) is -0.184. The summed E-state index contributed by atoms with van der Waals surface area (Å²) in [5, 5.41) is 11.6. The van der Waals surface area contributed by atoms with Crippen molar-refractivity contribution >= 4 is 35.0 Å². The second kappa shape index (κ2) is 9.71. The largest absolute Gasteiger partial charge is 0.323 e. The van der Waals surface area contributed by atoms with E-state index >= 15 is 0 Å². The zero-order valence-corrected chi connectivity index (χ0v) is 19.7. The summed E-state index contributed by atoms with van der Waals surface area (Å²) in [7, 11) is 0. The maximum absolute atomic E-state index is 13.5. The predicted molar refractivity (Wildman–Crippen MR) is 134 cm³/mol. The van der Waals surface area contributed by atoms with Crippen LogP contribution in [0.1, 0.15) is 12.5 Å². The third-order valence-corrected chi connectivity index (χ3v) is 6.74. The van der Waals surface area contributed by atoms with E-state index < -0.39 is 5.25 Å². The van der Waals surface area contributed by atoms with E-state index in [0.717, 1.165) is 11.1 Å².